The van der Waals surface area contributed by atoms with Crippen molar-refractivity contribution in [3.63, 3.8) is 0 Å². The molecule has 0 spiro atoms. The molecule has 1 aliphatic heterocycles. The van der Waals surface area contributed by atoms with Gasteiger partial charge in [-0.25, -0.2) is 0 Å². The molecule has 1 saturated heterocycles. The molecular weight excluding hydrogens is 244 g/mol. The maximum Gasteiger partial charge on any atom is 0.0899 e. The van der Waals surface area contributed by atoms with E-state index < -0.39 is 6.10 Å². The van der Waals surface area contributed by atoms with Gasteiger partial charge in [0.25, 0.3) is 0 Å². The van der Waals surface area contributed by atoms with Crippen LogP contribution in [0, 0.1) is 5.92 Å². The Morgan fingerprint density at radius 3 is 2.37 bits per heavy atom. The predicted octanol–water partition coefficient (Wildman–Crippen LogP) is 0.0183. The predicted molar refractivity (Wildman–Crippen MR) is 76.2 cm³/mol. The summed E-state index contributed by atoms with van der Waals surface area (Å²) in [7, 11) is 3.50. The second-order valence-corrected chi connectivity index (χ2v) is 5.97. The van der Waals surface area contributed by atoms with E-state index in [9.17, 15) is 10.2 Å². The molecule has 0 saturated carbocycles. The van der Waals surface area contributed by atoms with Crippen molar-refractivity contribution in [1.29, 1.82) is 0 Å². The van der Waals surface area contributed by atoms with Crippen LogP contribution in [0.25, 0.3) is 0 Å². The van der Waals surface area contributed by atoms with Crippen molar-refractivity contribution in [3.05, 3.63) is 0 Å². The van der Waals surface area contributed by atoms with Crippen molar-refractivity contribution in [2.75, 3.05) is 53.5 Å². The number of piperidine rings is 1. The first-order valence-electron chi connectivity index (χ1n) is 7.27. The zero-order valence-corrected chi connectivity index (χ0v) is 12.6. The van der Waals surface area contributed by atoms with Gasteiger partial charge in [0.05, 0.1) is 18.8 Å². The SMILES string of the molecule is COCC(O)CN(C)CC(O)CN1CCC(C)CC1. The highest BCUT2D eigenvalue weighted by molar-refractivity contribution is 4.74. The van der Waals surface area contributed by atoms with E-state index in [-0.39, 0.29) is 6.10 Å². The minimum absolute atomic E-state index is 0.338. The molecular formula is C14H30N2O3. The second-order valence-electron chi connectivity index (χ2n) is 5.97. The molecule has 0 aromatic rings. The van der Waals surface area contributed by atoms with Gasteiger partial charge in [-0.05, 0) is 38.9 Å². The average molecular weight is 274 g/mol. The number of hydrogen-bond donors (Lipinski definition) is 2. The molecule has 114 valence electrons. The number of likely N-dealkylation sites (tertiary alicyclic amines) is 1. The van der Waals surface area contributed by atoms with E-state index >= 15 is 0 Å². The molecule has 0 aromatic heterocycles. The van der Waals surface area contributed by atoms with E-state index in [2.05, 4.69) is 11.8 Å². The summed E-state index contributed by atoms with van der Waals surface area (Å²) in [5.74, 6) is 0.820. The van der Waals surface area contributed by atoms with Gasteiger partial charge in [-0.15, -0.1) is 0 Å². The number of nitrogens with zero attached hydrogens (tertiary/aromatic N) is 2. The molecule has 0 bridgehead atoms. The smallest absolute Gasteiger partial charge is 0.0899 e. The maximum absolute atomic E-state index is 10.1. The molecule has 0 aliphatic carbocycles. The Labute approximate surface area is 117 Å². The van der Waals surface area contributed by atoms with Crippen LogP contribution in [0.3, 0.4) is 0 Å². The summed E-state index contributed by atoms with van der Waals surface area (Å²) in [6, 6.07) is 0. The van der Waals surface area contributed by atoms with Gasteiger partial charge in [-0.2, -0.15) is 0 Å². The van der Waals surface area contributed by atoms with E-state index in [1.165, 1.54) is 12.8 Å². The van der Waals surface area contributed by atoms with E-state index in [1.54, 1.807) is 7.11 Å². The van der Waals surface area contributed by atoms with Crippen LogP contribution in [-0.2, 0) is 4.74 Å². The van der Waals surface area contributed by atoms with Gasteiger partial charge in [-0.3, -0.25) is 0 Å². The number of hydrogen-bond acceptors (Lipinski definition) is 5. The fourth-order valence-electron chi connectivity index (χ4n) is 2.64. The molecule has 2 atom stereocenters. The van der Waals surface area contributed by atoms with Crippen LogP contribution in [-0.4, -0.2) is 85.7 Å². The lowest BCUT2D eigenvalue weighted by Crippen LogP contribution is -2.44. The summed E-state index contributed by atoms with van der Waals surface area (Å²) in [5.41, 5.74) is 0. The maximum atomic E-state index is 10.1. The molecule has 19 heavy (non-hydrogen) atoms. The van der Waals surface area contributed by atoms with Gasteiger partial charge in [0.15, 0.2) is 0 Å². The Morgan fingerprint density at radius 2 is 1.79 bits per heavy atom. The van der Waals surface area contributed by atoms with Crippen LogP contribution in [0.2, 0.25) is 0 Å². The zero-order chi connectivity index (χ0) is 14.3. The van der Waals surface area contributed by atoms with Gasteiger partial charge in [0.2, 0.25) is 0 Å². The van der Waals surface area contributed by atoms with Crippen molar-refractivity contribution >= 4 is 0 Å². The third kappa shape index (κ3) is 7.22. The van der Waals surface area contributed by atoms with Crippen molar-refractivity contribution in [1.82, 2.24) is 9.80 Å². The summed E-state index contributed by atoms with van der Waals surface area (Å²) in [6.45, 7) is 6.66. The minimum Gasteiger partial charge on any atom is -0.390 e. The summed E-state index contributed by atoms with van der Waals surface area (Å²) in [4.78, 5) is 4.30. The summed E-state index contributed by atoms with van der Waals surface area (Å²) < 4.78 is 4.89. The number of rotatable bonds is 8. The van der Waals surface area contributed by atoms with Gasteiger partial charge >= 0.3 is 0 Å². The normalized spacial score (nSPS) is 21.8. The Hall–Kier alpha value is -0.200. The lowest BCUT2D eigenvalue weighted by Gasteiger charge is -2.32. The first kappa shape index (κ1) is 16.9. The molecule has 5 nitrogen and oxygen atoms in total. The zero-order valence-electron chi connectivity index (χ0n) is 12.6. The van der Waals surface area contributed by atoms with Crippen LogP contribution < -0.4 is 0 Å². The second kappa shape index (κ2) is 8.87. The molecule has 2 N–H and O–H groups in total. The molecule has 5 heteroatoms. The molecule has 0 amide bonds. The highest BCUT2D eigenvalue weighted by atomic mass is 16.5. The van der Waals surface area contributed by atoms with Gasteiger partial charge in [0, 0.05) is 26.7 Å². The fraction of sp³-hybridized carbons (Fsp3) is 1.00. The summed E-state index contributed by atoms with van der Waals surface area (Å²) in [6.07, 6.45) is 1.62. The Morgan fingerprint density at radius 1 is 1.21 bits per heavy atom. The third-order valence-electron chi connectivity index (χ3n) is 3.75. The number of aliphatic hydroxyl groups is 2. The van der Waals surface area contributed by atoms with E-state index in [0.29, 0.717) is 19.7 Å². The van der Waals surface area contributed by atoms with Crippen LogP contribution in [0.15, 0.2) is 0 Å². The number of methoxy groups -OCH3 is 1. The van der Waals surface area contributed by atoms with Crippen molar-refractivity contribution < 1.29 is 14.9 Å². The van der Waals surface area contributed by atoms with Gasteiger partial charge in [0.1, 0.15) is 0 Å². The van der Waals surface area contributed by atoms with Crippen molar-refractivity contribution in [3.8, 4) is 0 Å². The average Bonchev–Trinajstić information content (AvgIpc) is 2.32. The van der Waals surface area contributed by atoms with Crippen LogP contribution in [0.5, 0.6) is 0 Å². The van der Waals surface area contributed by atoms with E-state index in [0.717, 1.165) is 25.6 Å². The third-order valence-corrected chi connectivity index (χ3v) is 3.75. The summed E-state index contributed by atoms with van der Waals surface area (Å²) >= 11 is 0. The topological polar surface area (TPSA) is 56.2 Å². The van der Waals surface area contributed by atoms with E-state index in [4.69, 9.17) is 4.74 Å². The molecule has 1 rings (SSSR count). The molecule has 0 aromatic carbocycles. The lowest BCUT2D eigenvalue weighted by atomic mass is 9.99. The van der Waals surface area contributed by atoms with Crippen molar-refractivity contribution in [2.24, 2.45) is 5.92 Å². The number of likely N-dealkylation sites (N-methyl/N-ethyl adjacent to an activating group) is 1. The van der Waals surface area contributed by atoms with Crippen LogP contribution in [0.4, 0.5) is 0 Å². The molecule has 1 heterocycles. The Kier molecular flexibility index (Phi) is 7.87. The molecule has 1 fully saturated rings. The number of ether oxygens (including phenoxy) is 1. The van der Waals surface area contributed by atoms with Gasteiger partial charge < -0.3 is 24.7 Å². The minimum atomic E-state index is -0.488. The standard InChI is InChI=1S/C14H30N2O3/c1-12-4-6-16(7-5-12)10-13(17)8-15(2)9-14(18)11-19-3/h12-14,17-18H,4-11H2,1-3H3. The van der Waals surface area contributed by atoms with Crippen LogP contribution in [0.1, 0.15) is 19.8 Å². The molecule has 0 radical (unpaired) electrons. The van der Waals surface area contributed by atoms with Crippen LogP contribution >= 0.6 is 0 Å². The Balaban J connectivity index is 2.17. The summed E-state index contributed by atoms with van der Waals surface area (Å²) in [5, 5.41) is 19.7. The fourth-order valence-corrected chi connectivity index (χ4v) is 2.64. The first-order chi connectivity index (χ1) is 9.01. The van der Waals surface area contributed by atoms with Gasteiger partial charge in [-0.1, -0.05) is 6.92 Å². The first-order valence-corrected chi connectivity index (χ1v) is 7.27. The molecule has 1 aliphatic rings. The largest absolute Gasteiger partial charge is 0.390 e. The van der Waals surface area contributed by atoms with Crippen molar-refractivity contribution in [2.45, 2.75) is 32.0 Å². The monoisotopic (exact) mass is 274 g/mol. The number of aliphatic hydroxyl groups excluding tert-OH is 2. The highest BCUT2D eigenvalue weighted by Gasteiger charge is 2.19. The lowest BCUT2D eigenvalue weighted by molar-refractivity contribution is 0.0236. The Bertz CT molecular complexity index is 233. The quantitative estimate of drug-likeness (QED) is 0.653. The van der Waals surface area contributed by atoms with E-state index in [1.807, 2.05) is 11.9 Å². The highest BCUT2D eigenvalue weighted by Crippen LogP contribution is 2.15. The number of β-amino-alcohol motifs (C(OH)–C–C–N with tert-alkyl or cyclic N) is 1. The molecule has 2 unspecified atom stereocenters.